The first-order valence-corrected chi connectivity index (χ1v) is 4.46. The van der Waals surface area contributed by atoms with Crippen LogP contribution in [0.25, 0.3) is 0 Å². The third-order valence-corrected chi connectivity index (χ3v) is 2.16. The lowest BCUT2D eigenvalue weighted by Gasteiger charge is -2.00. The number of thioether (sulfide) groups is 1. The fourth-order valence-electron chi connectivity index (χ4n) is 0.801. The minimum atomic E-state index is 0.373. The van der Waals surface area contributed by atoms with Gasteiger partial charge in [-0.25, -0.2) is 0 Å². The highest BCUT2D eigenvalue weighted by Crippen LogP contribution is 2.16. The van der Waals surface area contributed by atoms with Gasteiger partial charge >= 0.3 is 0 Å². The number of hydrogen-bond acceptors (Lipinski definition) is 5. The van der Waals surface area contributed by atoms with Gasteiger partial charge in [0.15, 0.2) is 5.16 Å². The zero-order valence-electron chi connectivity index (χ0n) is 6.69. The molecule has 0 aliphatic heterocycles. The van der Waals surface area contributed by atoms with Crippen molar-refractivity contribution in [2.24, 2.45) is 0 Å². The van der Waals surface area contributed by atoms with E-state index >= 15 is 0 Å². The predicted molar refractivity (Wildman–Crippen MR) is 46.4 cm³/mol. The summed E-state index contributed by atoms with van der Waals surface area (Å²) in [4.78, 5) is 0. The second-order valence-corrected chi connectivity index (χ2v) is 2.97. The van der Waals surface area contributed by atoms with E-state index < -0.39 is 0 Å². The molecule has 0 atom stereocenters. The largest absolute Gasteiger partial charge is 0.368 e. The summed E-state index contributed by atoms with van der Waals surface area (Å²) in [6, 6.07) is 2.02. The normalized spacial score (nSPS) is 9.67. The van der Waals surface area contributed by atoms with E-state index in [1.165, 1.54) is 11.8 Å². The zero-order chi connectivity index (χ0) is 8.97. The summed E-state index contributed by atoms with van der Waals surface area (Å²) in [7, 11) is 0. The summed E-state index contributed by atoms with van der Waals surface area (Å²) in [5, 5.41) is 16.6. The lowest BCUT2D eigenvalue weighted by Crippen LogP contribution is -2.02. The lowest BCUT2D eigenvalue weighted by atomic mass is 10.7. The molecule has 0 saturated heterocycles. The van der Waals surface area contributed by atoms with E-state index in [1.807, 2.05) is 13.0 Å². The highest BCUT2D eigenvalue weighted by Gasteiger charge is 2.06. The first kappa shape index (κ1) is 8.87. The van der Waals surface area contributed by atoms with Crippen LogP contribution in [0.1, 0.15) is 6.92 Å². The molecule has 1 heterocycles. The van der Waals surface area contributed by atoms with Crippen LogP contribution < -0.4 is 5.73 Å². The van der Waals surface area contributed by atoms with Gasteiger partial charge in [-0.3, -0.25) is 4.57 Å². The molecule has 1 aromatic heterocycles. The molecule has 0 spiro atoms. The van der Waals surface area contributed by atoms with Gasteiger partial charge in [0.25, 0.3) is 0 Å². The Hall–Kier alpha value is -1.22. The van der Waals surface area contributed by atoms with Gasteiger partial charge in [0.2, 0.25) is 5.95 Å². The van der Waals surface area contributed by atoms with Crippen molar-refractivity contribution in [3.8, 4) is 6.07 Å². The Balaban J connectivity index is 2.78. The van der Waals surface area contributed by atoms with Gasteiger partial charge in [-0.05, 0) is 6.92 Å². The Bertz CT molecular complexity index is 299. The van der Waals surface area contributed by atoms with E-state index in [0.717, 1.165) is 6.54 Å². The highest BCUT2D eigenvalue weighted by atomic mass is 32.2. The maximum absolute atomic E-state index is 8.34. The number of nitrogens with zero attached hydrogens (tertiary/aromatic N) is 4. The molecule has 0 bridgehead atoms. The molecule has 0 radical (unpaired) electrons. The second kappa shape index (κ2) is 3.97. The van der Waals surface area contributed by atoms with Crippen molar-refractivity contribution in [3.63, 3.8) is 0 Å². The molecule has 0 amide bonds. The van der Waals surface area contributed by atoms with Gasteiger partial charge in [0, 0.05) is 6.54 Å². The topological polar surface area (TPSA) is 80.5 Å². The molecule has 1 aromatic rings. The predicted octanol–water partition coefficient (Wildman–Crippen LogP) is 0.496. The van der Waals surface area contributed by atoms with E-state index in [-0.39, 0.29) is 0 Å². The van der Waals surface area contributed by atoms with Crippen LogP contribution in [0.2, 0.25) is 0 Å². The molecular formula is C6H9N5S. The van der Waals surface area contributed by atoms with Gasteiger partial charge in [0.1, 0.15) is 0 Å². The number of nitrogens with two attached hydrogens (primary N) is 1. The molecular weight excluding hydrogens is 174 g/mol. The van der Waals surface area contributed by atoms with Crippen molar-refractivity contribution in [3.05, 3.63) is 0 Å². The molecule has 0 fully saturated rings. The summed E-state index contributed by atoms with van der Waals surface area (Å²) < 4.78 is 1.77. The van der Waals surface area contributed by atoms with Crippen LogP contribution in [0.3, 0.4) is 0 Å². The van der Waals surface area contributed by atoms with E-state index in [1.54, 1.807) is 4.57 Å². The fraction of sp³-hybridized carbons (Fsp3) is 0.500. The average molecular weight is 183 g/mol. The molecule has 5 nitrogen and oxygen atoms in total. The summed E-state index contributed by atoms with van der Waals surface area (Å²) in [6.07, 6.45) is 0. The fourth-order valence-corrected chi connectivity index (χ4v) is 1.47. The van der Waals surface area contributed by atoms with E-state index in [2.05, 4.69) is 10.2 Å². The van der Waals surface area contributed by atoms with Crippen molar-refractivity contribution in [2.45, 2.75) is 18.6 Å². The van der Waals surface area contributed by atoms with Gasteiger partial charge in [-0.15, -0.1) is 10.2 Å². The summed E-state index contributed by atoms with van der Waals surface area (Å²) >= 11 is 1.34. The highest BCUT2D eigenvalue weighted by molar-refractivity contribution is 7.99. The van der Waals surface area contributed by atoms with Crippen LogP contribution >= 0.6 is 11.8 Å². The van der Waals surface area contributed by atoms with Gasteiger partial charge in [-0.1, -0.05) is 11.8 Å². The maximum Gasteiger partial charge on any atom is 0.222 e. The van der Waals surface area contributed by atoms with Crippen LogP contribution in [0.4, 0.5) is 5.95 Å². The lowest BCUT2D eigenvalue weighted by molar-refractivity contribution is 0.690. The molecule has 0 aliphatic carbocycles. The van der Waals surface area contributed by atoms with Crippen LogP contribution in [-0.4, -0.2) is 20.5 Å². The Labute approximate surface area is 74.6 Å². The third-order valence-electron chi connectivity index (χ3n) is 1.33. The second-order valence-electron chi connectivity index (χ2n) is 2.03. The van der Waals surface area contributed by atoms with E-state index in [0.29, 0.717) is 16.9 Å². The van der Waals surface area contributed by atoms with Crippen molar-refractivity contribution in [1.82, 2.24) is 14.8 Å². The summed E-state index contributed by atoms with van der Waals surface area (Å²) in [5.74, 6) is 0.774. The Morgan fingerprint density at radius 1 is 1.67 bits per heavy atom. The van der Waals surface area contributed by atoms with Crippen LogP contribution in [-0.2, 0) is 6.54 Å². The molecule has 1 rings (SSSR count). The average Bonchev–Trinajstić information content (AvgIpc) is 2.43. The molecule has 0 aromatic carbocycles. The summed E-state index contributed by atoms with van der Waals surface area (Å²) in [5.41, 5.74) is 5.52. The molecule has 6 heteroatoms. The van der Waals surface area contributed by atoms with E-state index in [4.69, 9.17) is 11.0 Å². The quantitative estimate of drug-likeness (QED) is 0.690. The van der Waals surface area contributed by atoms with Gasteiger partial charge < -0.3 is 5.73 Å². The molecule has 64 valence electrons. The van der Waals surface area contributed by atoms with Crippen molar-refractivity contribution in [2.75, 3.05) is 11.5 Å². The third kappa shape index (κ3) is 1.68. The number of hydrogen-bond donors (Lipinski definition) is 1. The first-order chi connectivity index (χ1) is 5.79. The monoisotopic (exact) mass is 183 g/mol. The van der Waals surface area contributed by atoms with Gasteiger partial charge in [0.05, 0.1) is 11.8 Å². The Morgan fingerprint density at radius 3 is 3.00 bits per heavy atom. The zero-order valence-corrected chi connectivity index (χ0v) is 7.51. The maximum atomic E-state index is 8.34. The number of anilines is 1. The van der Waals surface area contributed by atoms with Crippen molar-refractivity contribution in [1.29, 1.82) is 5.26 Å². The molecule has 0 saturated carbocycles. The minimum Gasteiger partial charge on any atom is -0.368 e. The number of nitriles is 1. The van der Waals surface area contributed by atoms with Crippen molar-refractivity contribution >= 4 is 17.7 Å². The van der Waals surface area contributed by atoms with Crippen molar-refractivity contribution < 1.29 is 0 Å². The van der Waals surface area contributed by atoms with Gasteiger partial charge in [-0.2, -0.15) is 5.26 Å². The SMILES string of the molecule is CCn1c(N)nnc1SCC#N. The number of nitrogen functional groups attached to an aromatic ring is 1. The van der Waals surface area contributed by atoms with E-state index in [9.17, 15) is 0 Å². The Kier molecular flexibility index (Phi) is 2.94. The standard InChI is InChI=1S/C6H9N5S/c1-2-11-5(8)9-10-6(11)12-4-3-7/h2,4H2,1H3,(H2,8,9). The Morgan fingerprint density at radius 2 is 2.42 bits per heavy atom. The van der Waals surface area contributed by atoms with Crippen LogP contribution in [0.5, 0.6) is 0 Å². The molecule has 0 unspecified atom stereocenters. The smallest absolute Gasteiger partial charge is 0.222 e. The van der Waals surface area contributed by atoms with Crippen LogP contribution in [0.15, 0.2) is 5.16 Å². The number of aromatic nitrogens is 3. The first-order valence-electron chi connectivity index (χ1n) is 3.48. The molecule has 2 N–H and O–H groups in total. The molecule has 12 heavy (non-hydrogen) atoms. The molecule has 0 aliphatic rings. The van der Waals surface area contributed by atoms with Crippen LogP contribution in [0, 0.1) is 11.3 Å². The minimum absolute atomic E-state index is 0.373. The summed E-state index contributed by atoms with van der Waals surface area (Å²) in [6.45, 7) is 2.68. The number of rotatable bonds is 3.